The van der Waals surface area contributed by atoms with Gasteiger partial charge in [0.15, 0.2) is 5.78 Å². The Morgan fingerprint density at radius 2 is 2.20 bits per heavy atom. The Bertz CT molecular complexity index is 546. The monoisotopic (exact) mass is 422 g/mol. The summed E-state index contributed by atoms with van der Waals surface area (Å²) in [6.07, 6.45) is 0.786. The van der Waals surface area contributed by atoms with Gasteiger partial charge in [-0.1, -0.05) is 0 Å². The summed E-state index contributed by atoms with van der Waals surface area (Å²) in [6.45, 7) is 3.71. The number of Topliss-reactive ketones (excluding diaryl/α,β-unsaturated/α-hetero) is 1. The molecule has 1 aromatic heterocycles. The minimum Gasteiger partial charge on any atom is -0.359 e. The molecule has 1 atom stereocenters. The molecule has 0 aromatic carbocycles. The molecule has 0 radical (unpaired) electrons. The van der Waals surface area contributed by atoms with Crippen molar-refractivity contribution in [1.82, 2.24) is 10.2 Å². The van der Waals surface area contributed by atoms with E-state index in [4.69, 9.17) is 0 Å². The maximum absolute atomic E-state index is 12.3. The summed E-state index contributed by atoms with van der Waals surface area (Å²) in [7, 11) is 1.65. The Morgan fingerprint density at radius 3 is 2.75 bits per heavy atom. The van der Waals surface area contributed by atoms with Crippen molar-refractivity contribution in [3.05, 3.63) is 19.2 Å². The zero-order chi connectivity index (χ0) is 14.9. The minimum atomic E-state index is -0.387. The second kappa shape index (κ2) is 6.25. The Labute approximate surface area is 139 Å². The van der Waals surface area contributed by atoms with Crippen molar-refractivity contribution in [2.45, 2.75) is 13.3 Å². The van der Waals surface area contributed by atoms with E-state index in [0.717, 1.165) is 20.5 Å². The van der Waals surface area contributed by atoms with Gasteiger partial charge in [-0.05, 0) is 57.8 Å². The number of carbonyl (C=O) groups excluding carboxylic acids is 2. The third kappa shape index (κ3) is 3.32. The van der Waals surface area contributed by atoms with Crippen LogP contribution < -0.4 is 5.32 Å². The first kappa shape index (κ1) is 16.1. The van der Waals surface area contributed by atoms with E-state index < -0.39 is 0 Å². The summed E-state index contributed by atoms with van der Waals surface area (Å²) in [5, 5.41) is 2.70. The van der Waals surface area contributed by atoms with Crippen LogP contribution in [0.4, 0.5) is 0 Å². The number of nitrogens with zero attached hydrogens (tertiary/aromatic N) is 1. The lowest BCUT2D eigenvalue weighted by molar-refractivity contribution is -0.129. The van der Waals surface area contributed by atoms with Gasteiger partial charge in [0.1, 0.15) is 0 Å². The van der Waals surface area contributed by atoms with Crippen molar-refractivity contribution in [2.24, 2.45) is 5.41 Å². The van der Waals surface area contributed by atoms with Gasteiger partial charge in [0.2, 0.25) is 5.91 Å². The highest BCUT2D eigenvalue weighted by molar-refractivity contribution is 9.12. The zero-order valence-corrected chi connectivity index (χ0v) is 15.3. The summed E-state index contributed by atoms with van der Waals surface area (Å²) in [4.78, 5) is 26.2. The predicted octanol–water partition coefficient (Wildman–Crippen LogP) is 2.91. The van der Waals surface area contributed by atoms with Crippen LogP contribution in [-0.4, -0.2) is 43.3 Å². The molecule has 0 saturated carbocycles. The topological polar surface area (TPSA) is 49.4 Å². The number of carbonyl (C=O) groups is 2. The van der Waals surface area contributed by atoms with Gasteiger partial charge in [-0.15, -0.1) is 11.3 Å². The van der Waals surface area contributed by atoms with Crippen LogP contribution >= 0.6 is 43.2 Å². The predicted molar refractivity (Wildman–Crippen MR) is 87.3 cm³/mol. The van der Waals surface area contributed by atoms with Crippen molar-refractivity contribution < 1.29 is 9.59 Å². The number of thiophene rings is 1. The van der Waals surface area contributed by atoms with Crippen molar-refractivity contribution in [2.75, 3.05) is 26.7 Å². The molecule has 2 heterocycles. The standard InChI is InChI=1S/C13H16Br2N2O2S/c1-13(12(19)16-2)3-4-17(7-13)6-9(18)8-5-10(14)20-11(8)15/h5H,3-4,6-7H2,1-2H3,(H,16,19). The fourth-order valence-corrected chi connectivity index (χ4v) is 5.35. The number of hydrogen-bond donors (Lipinski definition) is 1. The molecule has 7 heteroatoms. The van der Waals surface area contributed by atoms with Crippen molar-refractivity contribution >= 4 is 54.9 Å². The maximum atomic E-state index is 12.3. The molecule has 1 fully saturated rings. The summed E-state index contributed by atoms with van der Waals surface area (Å²) in [5.41, 5.74) is 0.317. The second-order valence-corrected chi connectivity index (χ2v) is 9.01. The number of amides is 1. The molecule has 2 rings (SSSR count). The van der Waals surface area contributed by atoms with Crippen LogP contribution in [0.25, 0.3) is 0 Å². The van der Waals surface area contributed by atoms with Crippen LogP contribution in [0.5, 0.6) is 0 Å². The maximum Gasteiger partial charge on any atom is 0.227 e. The molecule has 1 amide bonds. The van der Waals surface area contributed by atoms with Crippen molar-refractivity contribution in [3.63, 3.8) is 0 Å². The molecule has 0 spiro atoms. The average molecular weight is 424 g/mol. The highest BCUT2D eigenvalue weighted by atomic mass is 79.9. The highest BCUT2D eigenvalue weighted by Crippen LogP contribution is 2.33. The highest BCUT2D eigenvalue weighted by Gasteiger charge is 2.40. The second-order valence-electron chi connectivity index (χ2n) is 5.26. The lowest BCUT2D eigenvalue weighted by atomic mass is 9.89. The molecule has 1 aromatic rings. The molecule has 1 N–H and O–H groups in total. The van der Waals surface area contributed by atoms with Crippen LogP contribution in [0.1, 0.15) is 23.7 Å². The SMILES string of the molecule is CNC(=O)C1(C)CCN(CC(=O)c2cc(Br)sc2Br)C1. The van der Waals surface area contributed by atoms with Crippen molar-refractivity contribution in [1.29, 1.82) is 0 Å². The quantitative estimate of drug-likeness (QED) is 0.757. The molecule has 1 saturated heterocycles. The molecular formula is C13H16Br2N2O2S. The zero-order valence-electron chi connectivity index (χ0n) is 11.3. The van der Waals surface area contributed by atoms with E-state index in [1.54, 1.807) is 7.05 Å². The van der Waals surface area contributed by atoms with E-state index in [1.165, 1.54) is 11.3 Å². The third-order valence-corrected chi connectivity index (χ3v) is 5.99. The van der Waals surface area contributed by atoms with E-state index >= 15 is 0 Å². The van der Waals surface area contributed by atoms with Crippen LogP contribution in [0, 0.1) is 5.41 Å². The van der Waals surface area contributed by atoms with Gasteiger partial charge in [0, 0.05) is 19.2 Å². The van der Waals surface area contributed by atoms with Crippen molar-refractivity contribution in [3.8, 4) is 0 Å². The summed E-state index contributed by atoms with van der Waals surface area (Å²) >= 11 is 8.28. The molecule has 110 valence electrons. The first-order valence-electron chi connectivity index (χ1n) is 6.28. The molecule has 20 heavy (non-hydrogen) atoms. The number of ketones is 1. The summed E-state index contributed by atoms with van der Waals surface area (Å²) < 4.78 is 1.78. The van der Waals surface area contributed by atoms with Gasteiger partial charge < -0.3 is 5.32 Å². The van der Waals surface area contributed by atoms with E-state index in [9.17, 15) is 9.59 Å². The fraction of sp³-hybridized carbons (Fsp3) is 0.538. The Morgan fingerprint density at radius 1 is 1.50 bits per heavy atom. The lowest BCUT2D eigenvalue weighted by Crippen LogP contribution is -2.40. The van der Waals surface area contributed by atoms with Crippen LogP contribution in [0.3, 0.4) is 0 Å². The van der Waals surface area contributed by atoms with Gasteiger partial charge >= 0.3 is 0 Å². The van der Waals surface area contributed by atoms with E-state index in [2.05, 4.69) is 42.1 Å². The Hall–Kier alpha value is -0.240. The average Bonchev–Trinajstić information content (AvgIpc) is 2.92. The Kier molecular flexibility index (Phi) is 5.05. The van der Waals surface area contributed by atoms with Gasteiger partial charge in [-0.3, -0.25) is 14.5 Å². The normalized spacial score (nSPS) is 23.0. The Balaban J connectivity index is 2.00. The van der Waals surface area contributed by atoms with Crippen LogP contribution in [0.15, 0.2) is 13.6 Å². The van der Waals surface area contributed by atoms with Gasteiger partial charge in [0.25, 0.3) is 0 Å². The molecule has 0 aliphatic carbocycles. The first-order valence-corrected chi connectivity index (χ1v) is 8.68. The third-order valence-electron chi connectivity index (χ3n) is 3.65. The fourth-order valence-electron chi connectivity index (χ4n) is 2.50. The van der Waals surface area contributed by atoms with Gasteiger partial charge in [-0.25, -0.2) is 0 Å². The minimum absolute atomic E-state index is 0.0481. The van der Waals surface area contributed by atoms with Gasteiger partial charge in [0.05, 0.1) is 19.5 Å². The molecule has 0 bridgehead atoms. The molecular weight excluding hydrogens is 408 g/mol. The van der Waals surface area contributed by atoms with Gasteiger partial charge in [-0.2, -0.15) is 0 Å². The van der Waals surface area contributed by atoms with Crippen LogP contribution in [-0.2, 0) is 4.79 Å². The van der Waals surface area contributed by atoms with E-state index in [-0.39, 0.29) is 17.1 Å². The number of likely N-dealkylation sites (tertiary alicyclic amines) is 1. The molecule has 1 aliphatic rings. The molecule has 4 nitrogen and oxygen atoms in total. The summed E-state index contributed by atoms with van der Waals surface area (Å²) in [5.74, 6) is 0.131. The summed E-state index contributed by atoms with van der Waals surface area (Å²) in [6, 6.07) is 1.84. The largest absolute Gasteiger partial charge is 0.359 e. The molecule has 1 aliphatic heterocycles. The molecule has 1 unspecified atom stereocenters. The lowest BCUT2D eigenvalue weighted by Gasteiger charge is -2.22. The number of hydrogen-bond acceptors (Lipinski definition) is 4. The number of rotatable bonds is 4. The smallest absolute Gasteiger partial charge is 0.227 e. The first-order chi connectivity index (χ1) is 9.35. The number of halogens is 2. The van der Waals surface area contributed by atoms with E-state index in [0.29, 0.717) is 18.7 Å². The van der Waals surface area contributed by atoms with Crippen LogP contribution in [0.2, 0.25) is 0 Å². The van der Waals surface area contributed by atoms with E-state index in [1.807, 2.05) is 13.0 Å². The number of nitrogens with one attached hydrogen (secondary N) is 1.